The lowest BCUT2D eigenvalue weighted by Gasteiger charge is -2.34. The second kappa shape index (κ2) is 15.9. The number of anilines is 1. The van der Waals surface area contributed by atoms with Crippen molar-refractivity contribution in [1.29, 1.82) is 0 Å². The van der Waals surface area contributed by atoms with E-state index in [-0.39, 0.29) is 29.5 Å². The van der Waals surface area contributed by atoms with E-state index >= 15 is 0 Å². The van der Waals surface area contributed by atoms with Crippen molar-refractivity contribution in [2.45, 2.75) is 50.6 Å². The van der Waals surface area contributed by atoms with Crippen molar-refractivity contribution in [3.8, 4) is 0 Å². The van der Waals surface area contributed by atoms with E-state index in [1.165, 1.54) is 17.0 Å². The standard InChI is InChI=1S/C35H37Cl2N3O4S/c1-3-4-21-38-35(42)33(23-27-13-7-5-8-14-27)39(24-28-15-11-16-29(36)22-28)34(41)25-40(32-20-12-19-31(37)26(32)2)45(43,44)30-17-9-6-10-18-30/h5-20,22,33H,3-4,21,23-25H2,1-2H3,(H,38,42)/t33-/m0/s1. The first-order valence-corrected chi connectivity index (χ1v) is 17.0. The topological polar surface area (TPSA) is 86.8 Å². The summed E-state index contributed by atoms with van der Waals surface area (Å²) in [4.78, 5) is 29.8. The number of hydrogen-bond acceptors (Lipinski definition) is 4. The van der Waals surface area contributed by atoms with Crippen molar-refractivity contribution in [3.63, 3.8) is 0 Å². The number of carbonyl (C=O) groups is 2. The first kappa shape index (κ1) is 34.0. The van der Waals surface area contributed by atoms with Crippen LogP contribution in [0.15, 0.2) is 108 Å². The Morgan fingerprint density at radius 1 is 0.844 bits per heavy atom. The average molecular weight is 667 g/mol. The van der Waals surface area contributed by atoms with Gasteiger partial charge in [-0.25, -0.2) is 8.42 Å². The highest BCUT2D eigenvalue weighted by Gasteiger charge is 2.35. The lowest BCUT2D eigenvalue weighted by atomic mass is 10.0. The molecule has 2 amide bonds. The van der Waals surface area contributed by atoms with E-state index in [2.05, 4.69) is 5.32 Å². The molecular formula is C35H37Cl2N3O4S. The summed E-state index contributed by atoms with van der Waals surface area (Å²) < 4.78 is 29.4. The highest BCUT2D eigenvalue weighted by atomic mass is 35.5. The van der Waals surface area contributed by atoms with Crippen LogP contribution in [0.5, 0.6) is 0 Å². The predicted molar refractivity (Wildman–Crippen MR) is 181 cm³/mol. The lowest BCUT2D eigenvalue weighted by molar-refractivity contribution is -0.140. The van der Waals surface area contributed by atoms with Crippen LogP contribution in [-0.4, -0.2) is 44.3 Å². The third-order valence-corrected chi connectivity index (χ3v) is 9.88. The minimum absolute atomic E-state index is 0.0247. The zero-order valence-electron chi connectivity index (χ0n) is 25.3. The SMILES string of the molecule is CCCCNC(=O)[C@H](Cc1ccccc1)N(Cc1cccc(Cl)c1)C(=O)CN(c1cccc(Cl)c1C)S(=O)(=O)c1ccccc1. The molecule has 4 aromatic carbocycles. The van der Waals surface area contributed by atoms with E-state index in [4.69, 9.17) is 23.2 Å². The van der Waals surface area contributed by atoms with E-state index in [1.54, 1.807) is 61.5 Å². The van der Waals surface area contributed by atoms with Gasteiger partial charge in [0.2, 0.25) is 11.8 Å². The molecule has 0 aliphatic carbocycles. The highest BCUT2D eigenvalue weighted by molar-refractivity contribution is 7.92. The van der Waals surface area contributed by atoms with Crippen LogP contribution in [-0.2, 0) is 32.6 Å². The molecule has 0 bridgehead atoms. The second-order valence-electron chi connectivity index (χ2n) is 10.7. The molecule has 0 aliphatic rings. The maximum atomic E-state index is 14.5. The first-order valence-electron chi connectivity index (χ1n) is 14.8. The zero-order chi connectivity index (χ0) is 32.4. The van der Waals surface area contributed by atoms with Gasteiger partial charge in [0.05, 0.1) is 10.6 Å². The number of unbranched alkanes of at least 4 members (excludes halogenated alkanes) is 1. The molecule has 0 saturated carbocycles. The summed E-state index contributed by atoms with van der Waals surface area (Å²) in [6, 6.07) is 28.4. The van der Waals surface area contributed by atoms with Crippen LogP contribution in [0, 0.1) is 6.92 Å². The van der Waals surface area contributed by atoms with Gasteiger partial charge < -0.3 is 10.2 Å². The molecular weight excluding hydrogens is 629 g/mol. The highest BCUT2D eigenvalue weighted by Crippen LogP contribution is 2.31. The van der Waals surface area contributed by atoms with Gasteiger partial charge in [-0.2, -0.15) is 0 Å². The molecule has 0 spiro atoms. The Morgan fingerprint density at radius 2 is 1.49 bits per heavy atom. The van der Waals surface area contributed by atoms with Crippen LogP contribution >= 0.6 is 23.2 Å². The number of rotatable bonds is 14. The Kier molecular flexibility index (Phi) is 12.0. The molecule has 4 aromatic rings. The Labute approximate surface area is 275 Å². The van der Waals surface area contributed by atoms with Gasteiger partial charge in [-0.15, -0.1) is 0 Å². The summed E-state index contributed by atoms with van der Waals surface area (Å²) in [7, 11) is -4.22. The number of benzene rings is 4. The maximum Gasteiger partial charge on any atom is 0.264 e. The summed E-state index contributed by atoms with van der Waals surface area (Å²) >= 11 is 12.7. The Bertz CT molecular complexity index is 1700. The smallest absolute Gasteiger partial charge is 0.264 e. The summed E-state index contributed by atoms with van der Waals surface area (Å²) in [6.45, 7) is 3.66. The third kappa shape index (κ3) is 8.87. The summed E-state index contributed by atoms with van der Waals surface area (Å²) in [6.07, 6.45) is 1.90. The number of nitrogens with one attached hydrogen (secondary N) is 1. The van der Waals surface area contributed by atoms with Crippen LogP contribution in [0.2, 0.25) is 10.0 Å². The number of hydrogen-bond donors (Lipinski definition) is 1. The molecule has 0 radical (unpaired) electrons. The predicted octanol–water partition coefficient (Wildman–Crippen LogP) is 7.05. The maximum absolute atomic E-state index is 14.5. The Balaban J connectivity index is 1.81. The number of amides is 2. The van der Waals surface area contributed by atoms with Crippen LogP contribution in [0.3, 0.4) is 0 Å². The molecule has 0 unspecified atom stereocenters. The zero-order valence-corrected chi connectivity index (χ0v) is 27.7. The van der Waals surface area contributed by atoms with Crippen molar-refractivity contribution in [2.75, 3.05) is 17.4 Å². The largest absolute Gasteiger partial charge is 0.354 e. The minimum Gasteiger partial charge on any atom is -0.354 e. The van der Waals surface area contributed by atoms with Crippen molar-refractivity contribution in [3.05, 3.63) is 130 Å². The molecule has 0 aromatic heterocycles. The van der Waals surface area contributed by atoms with Gasteiger partial charge in [0.15, 0.2) is 0 Å². The Morgan fingerprint density at radius 3 is 2.16 bits per heavy atom. The van der Waals surface area contributed by atoms with E-state index < -0.39 is 28.5 Å². The van der Waals surface area contributed by atoms with Crippen LogP contribution in [0.1, 0.15) is 36.5 Å². The van der Waals surface area contributed by atoms with Crippen molar-refractivity contribution in [2.24, 2.45) is 0 Å². The first-order chi connectivity index (χ1) is 21.6. The van der Waals surface area contributed by atoms with E-state index in [1.807, 2.05) is 43.3 Å². The van der Waals surface area contributed by atoms with E-state index in [9.17, 15) is 18.0 Å². The molecule has 1 atom stereocenters. The van der Waals surface area contributed by atoms with Gasteiger partial charge in [0, 0.05) is 29.6 Å². The van der Waals surface area contributed by atoms with E-state index in [0.717, 1.165) is 22.7 Å². The van der Waals surface area contributed by atoms with Gasteiger partial charge in [0.1, 0.15) is 12.6 Å². The number of halogens is 2. The van der Waals surface area contributed by atoms with Gasteiger partial charge >= 0.3 is 0 Å². The summed E-state index contributed by atoms with van der Waals surface area (Å²) in [5.74, 6) is -0.875. The fraction of sp³-hybridized carbons (Fsp3) is 0.257. The van der Waals surface area contributed by atoms with Crippen molar-refractivity contribution >= 4 is 50.7 Å². The van der Waals surface area contributed by atoms with Crippen LogP contribution < -0.4 is 9.62 Å². The lowest BCUT2D eigenvalue weighted by Crippen LogP contribution is -2.53. The number of carbonyl (C=O) groups excluding carboxylic acids is 2. The molecule has 7 nitrogen and oxygen atoms in total. The molecule has 0 saturated heterocycles. The molecule has 45 heavy (non-hydrogen) atoms. The fourth-order valence-corrected chi connectivity index (χ4v) is 6.87. The fourth-order valence-electron chi connectivity index (χ4n) is 4.99. The van der Waals surface area contributed by atoms with E-state index in [0.29, 0.717) is 27.7 Å². The summed E-state index contributed by atoms with van der Waals surface area (Å²) in [5.41, 5.74) is 2.34. The van der Waals surface area contributed by atoms with Gasteiger partial charge in [-0.05, 0) is 66.4 Å². The molecule has 0 fully saturated rings. The number of sulfonamides is 1. The second-order valence-corrected chi connectivity index (χ2v) is 13.4. The molecule has 4 rings (SSSR count). The normalized spacial score (nSPS) is 11.9. The molecule has 0 heterocycles. The third-order valence-electron chi connectivity index (χ3n) is 7.46. The van der Waals surface area contributed by atoms with Crippen molar-refractivity contribution in [1.82, 2.24) is 10.2 Å². The average Bonchev–Trinajstić information content (AvgIpc) is 3.04. The quantitative estimate of drug-likeness (QED) is 0.146. The molecule has 1 N–H and O–H groups in total. The van der Waals surface area contributed by atoms with Gasteiger partial charge in [0.25, 0.3) is 10.0 Å². The van der Waals surface area contributed by atoms with Gasteiger partial charge in [-0.3, -0.25) is 13.9 Å². The molecule has 0 aliphatic heterocycles. The molecule has 10 heteroatoms. The van der Waals surface area contributed by atoms with Crippen LogP contribution in [0.25, 0.3) is 0 Å². The number of nitrogens with zero attached hydrogens (tertiary/aromatic N) is 2. The van der Waals surface area contributed by atoms with Crippen molar-refractivity contribution < 1.29 is 18.0 Å². The molecule has 236 valence electrons. The monoisotopic (exact) mass is 665 g/mol. The Hall–Kier alpha value is -3.85. The van der Waals surface area contributed by atoms with Gasteiger partial charge in [-0.1, -0.05) is 103 Å². The summed E-state index contributed by atoms with van der Waals surface area (Å²) in [5, 5.41) is 3.83. The van der Waals surface area contributed by atoms with Crippen LogP contribution in [0.4, 0.5) is 5.69 Å². The minimum atomic E-state index is -4.22.